The predicted molar refractivity (Wildman–Crippen MR) is 122 cm³/mol. The zero-order chi connectivity index (χ0) is 22.4. The van der Waals surface area contributed by atoms with Gasteiger partial charge in [0.2, 0.25) is 5.88 Å². The molecule has 0 saturated heterocycles. The first kappa shape index (κ1) is 20.6. The molecule has 1 aromatic heterocycles. The molecule has 2 aromatic carbocycles. The molecule has 164 valence electrons. The summed E-state index contributed by atoms with van der Waals surface area (Å²) >= 11 is 6.06. The first-order valence-electron chi connectivity index (χ1n) is 10.5. The Hall–Kier alpha value is -3.25. The summed E-state index contributed by atoms with van der Waals surface area (Å²) in [5, 5.41) is 8.22. The van der Waals surface area contributed by atoms with Gasteiger partial charge in [-0.15, -0.1) is 0 Å². The van der Waals surface area contributed by atoms with Gasteiger partial charge in [0.15, 0.2) is 5.78 Å². The van der Waals surface area contributed by atoms with Crippen LogP contribution >= 0.6 is 11.6 Å². The van der Waals surface area contributed by atoms with Gasteiger partial charge in [-0.1, -0.05) is 28.9 Å². The second kappa shape index (κ2) is 8.02. The van der Waals surface area contributed by atoms with Crippen molar-refractivity contribution in [2.75, 3.05) is 19.5 Å². The standard InChI is InChI=1S/C25H23ClN2O4/c1-13-22-23(18-12-17(30-2)8-9-21(18)31-3)24-19(27-25(22)32-28-13)10-15(11-20(24)29)14-4-6-16(26)7-5-14/h4-9,12,15,23,27H,10-11H2,1-3H3/t15-,23-/m0/s1. The number of halogens is 1. The maximum Gasteiger partial charge on any atom is 0.233 e. The van der Waals surface area contributed by atoms with Crippen LogP contribution in [0.3, 0.4) is 0 Å². The molecule has 0 spiro atoms. The average Bonchev–Trinajstić information content (AvgIpc) is 3.17. The lowest BCUT2D eigenvalue weighted by molar-refractivity contribution is -0.116. The van der Waals surface area contributed by atoms with Gasteiger partial charge in [-0.3, -0.25) is 4.79 Å². The summed E-state index contributed by atoms with van der Waals surface area (Å²) in [5.74, 6) is 1.75. The molecule has 7 heteroatoms. The minimum atomic E-state index is -0.351. The summed E-state index contributed by atoms with van der Waals surface area (Å²) in [4.78, 5) is 13.6. The van der Waals surface area contributed by atoms with Crippen molar-refractivity contribution in [3.05, 3.63) is 81.1 Å². The Labute approximate surface area is 191 Å². The summed E-state index contributed by atoms with van der Waals surface area (Å²) in [6, 6.07) is 13.3. The van der Waals surface area contributed by atoms with Crippen LogP contribution in [0.15, 0.2) is 58.3 Å². The number of aryl methyl sites for hydroxylation is 1. The Morgan fingerprint density at radius 1 is 1.09 bits per heavy atom. The molecule has 2 aliphatic rings. The van der Waals surface area contributed by atoms with E-state index in [1.54, 1.807) is 14.2 Å². The van der Waals surface area contributed by atoms with Crippen LogP contribution in [-0.2, 0) is 4.79 Å². The van der Waals surface area contributed by atoms with E-state index in [2.05, 4.69) is 10.5 Å². The third kappa shape index (κ3) is 3.35. The largest absolute Gasteiger partial charge is 0.497 e. The molecule has 0 radical (unpaired) electrons. The van der Waals surface area contributed by atoms with Crippen LogP contribution in [0.5, 0.6) is 11.5 Å². The predicted octanol–water partition coefficient (Wildman–Crippen LogP) is 5.61. The molecular weight excluding hydrogens is 428 g/mol. The number of nitrogens with zero attached hydrogens (tertiary/aromatic N) is 1. The lowest BCUT2D eigenvalue weighted by atomic mass is 9.72. The molecule has 6 nitrogen and oxygen atoms in total. The smallest absolute Gasteiger partial charge is 0.233 e. The molecule has 2 heterocycles. The summed E-state index contributed by atoms with van der Waals surface area (Å²) < 4.78 is 16.8. The van der Waals surface area contributed by atoms with Gasteiger partial charge in [0, 0.05) is 28.3 Å². The Morgan fingerprint density at radius 2 is 1.88 bits per heavy atom. The van der Waals surface area contributed by atoms with Gasteiger partial charge >= 0.3 is 0 Å². The quantitative estimate of drug-likeness (QED) is 0.556. The molecule has 3 aromatic rings. The Morgan fingerprint density at radius 3 is 2.59 bits per heavy atom. The number of carbonyl (C=O) groups is 1. The van der Waals surface area contributed by atoms with E-state index < -0.39 is 0 Å². The average molecular weight is 451 g/mol. The number of ketones is 1. The van der Waals surface area contributed by atoms with Gasteiger partial charge in [-0.2, -0.15) is 0 Å². The molecule has 1 aliphatic heterocycles. The summed E-state index contributed by atoms with van der Waals surface area (Å²) in [5.41, 5.74) is 5.13. The van der Waals surface area contributed by atoms with Crippen LogP contribution in [-0.4, -0.2) is 25.2 Å². The normalized spacial score (nSPS) is 19.8. The molecule has 0 amide bonds. The lowest BCUT2D eigenvalue weighted by Gasteiger charge is -2.35. The van der Waals surface area contributed by atoms with Crippen molar-refractivity contribution >= 4 is 23.3 Å². The molecule has 5 rings (SSSR count). The van der Waals surface area contributed by atoms with Gasteiger partial charge in [-0.25, -0.2) is 0 Å². The highest BCUT2D eigenvalue weighted by Gasteiger charge is 2.42. The number of allylic oxidation sites excluding steroid dienone is 2. The molecule has 1 N–H and O–H groups in total. The first-order chi connectivity index (χ1) is 15.5. The fourth-order valence-corrected chi connectivity index (χ4v) is 4.95. The zero-order valence-corrected chi connectivity index (χ0v) is 18.8. The number of aromatic nitrogens is 1. The van der Waals surface area contributed by atoms with Crippen LogP contribution < -0.4 is 14.8 Å². The highest BCUT2D eigenvalue weighted by molar-refractivity contribution is 6.30. The number of fused-ring (bicyclic) bond motifs is 1. The number of anilines is 1. The number of rotatable bonds is 4. The third-order valence-corrected chi connectivity index (χ3v) is 6.60. The maximum atomic E-state index is 13.6. The highest BCUT2D eigenvalue weighted by Crippen LogP contribution is 2.51. The van der Waals surface area contributed by atoms with Gasteiger partial charge in [-0.05, 0) is 55.2 Å². The van der Waals surface area contributed by atoms with Crippen molar-refractivity contribution in [3.63, 3.8) is 0 Å². The number of Topliss-reactive ketones (excluding diaryl/α,β-unsaturated/α-hetero) is 1. The Bertz CT molecular complexity index is 1230. The molecular formula is C25H23ClN2O4. The molecule has 0 fully saturated rings. The summed E-state index contributed by atoms with van der Waals surface area (Å²) in [7, 11) is 3.25. The number of hydrogen-bond acceptors (Lipinski definition) is 6. The van der Waals surface area contributed by atoms with E-state index in [1.165, 1.54) is 0 Å². The lowest BCUT2D eigenvalue weighted by Crippen LogP contribution is -2.29. The molecule has 0 bridgehead atoms. The van der Waals surface area contributed by atoms with Gasteiger partial charge < -0.3 is 19.3 Å². The van der Waals surface area contributed by atoms with Crippen molar-refractivity contribution in [2.45, 2.75) is 31.6 Å². The number of nitrogens with one attached hydrogen (secondary N) is 1. The van der Waals surface area contributed by atoms with Crippen LogP contribution in [0.1, 0.15) is 47.1 Å². The molecule has 0 unspecified atom stereocenters. The number of hydrogen-bond donors (Lipinski definition) is 1. The first-order valence-corrected chi connectivity index (χ1v) is 10.8. The minimum Gasteiger partial charge on any atom is -0.497 e. The van der Waals surface area contributed by atoms with Crippen LogP contribution in [0.25, 0.3) is 0 Å². The van der Waals surface area contributed by atoms with E-state index in [4.69, 9.17) is 25.6 Å². The van der Waals surface area contributed by atoms with Crippen LogP contribution in [0.4, 0.5) is 5.88 Å². The third-order valence-electron chi connectivity index (χ3n) is 6.35. The van der Waals surface area contributed by atoms with Gasteiger partial charge in [0.1, 0.15) is 11.5 Å². The molecule has 32 heavy (non-hydrogen) atoms. The molecule has 1 aliphatic carbocycles. The van der Waals surface area contributed by atoms with Crippen molar-refractivity contribution < 1.29 is 18.8 Å². The Kier molecular flexibility index (Phi) is 5.18. The fraction of sp³-hybridized carbons (Fsp3) is 0.280. The molecule has 0 saturated carbocycles. The van der Waals surface area contributed by atoms with Crippen molar-refractivity contribution in [1.82, 2.24) is 5.16 Å². The minimum absolute atomic E-state index is 0.0597. The van der Waals surface area contributed by atoms with Gasteiger partial charge in [0.05, 0.1) is 31.4 Å². The fourth-order valence-electron chi connectivity index (χ4n) is 4.82. The SMILES string of the molecule is COc1ccc(OC)c([C@@H]2C3=C(C[C@H](c4ccc(Cl)cc4)CC3=O)Nc3onc(C)c32)c1. The number of ether oxygens (including phenoxy) is 2. The number of carbonyl (C=O) groups excluding carboxylic acids is 1. The summed E-state index contributed by atoms with van der Waals surface area (Å²) in [6.07, 6.45) is 1.11. The van der Waals surface area contributed by atoms with Crippen molar-refractivity contribution in [3.8, 4) is 11.5 Å². The molecule has 2 atom stereocenters. The maximum absolute atomic E-state index is 13.6. The number of methoxy groups -OCH3 is 2. The Balaban J connectivity index is 1.65. The van der Waals surface area contributed by atoms with E-state index in [0.29, 0.717) is 35.2 Å². The van der Waals surface area contributed by atoms with Crippen LogP contribution in [0.2, 0.25) is 5.02 Å². The monoisotopic (exact) mass is 450 g/mol. The van der Waals surface area contributed by atoms with E-state index in [1.807, 2.05) is 49.4 Å². The second-order valence-corrected chi connectivity index (χ2v) is 8.59. The van der Waals surface area contributed by atoms with Crippen molar-refractivity contribution in [2.24, 2.45) is 0 Å². The van der Waals surface area contributed by atoms with E-state index in [0.717, 1.165) is 33.7 Å². The second-order valence-electron chi connectivity index (χ2n) is 8.15. The van der Waals surface area contributed by atoms with Gasteiger partial charge in [0.25, 0.3) is 0 Å². The van der Waals surface area contributed by atoms with Crippen LogP contribution in [0, 0.1) is 6.92 Å². The van der Waals surface area contributed by atoms with E-state index in [9.17, 15) is 4.79 Å². The zero-order valence-electron chi connectivity index (χ0n) is 18.1. The topological polar surface area (TPSA) is 73.6 Å². The highest BCUT2D eigenvalue weighted by atomic mass is 35.5. The van der Waals surface area contributed by atoms with Crippen molar-refractivity contribution in [1.29, 1.82) is 0 Å². The van der Waals surface area contributed by atoms with E-state index in [-0.39, 0.29) is 17.6 Å². The summed E-state index contributed by atoms with van der Waals surface area (Å²) in [6.45, 7) is 1.89. The van der Waals surface area contributed by atoms with E-state index >= 15 is 0 Å². The number of benzene rings is 2.